The van der Waals surface area contributed by atoms with Crippen molar-refractivity contribution in [3.05, 3.63) is 24.8 Å². The Balaban J connectivity index is 1.90. The molecular weight excluding hydrogens is 458 g/mol. The molecule has 0 unspecified atom stereocenters. The highest BCUT2D eigenvalue weighted by Crippen LogP contribution is 2.42. The second-order valence-electron chi connectivity index (χ2n) is 7.72. The topological polar surface area (TPSA) is 117 Å². The summed E-state index contributed by atoms with van der Waals surface area (Å²) < 4.78 is 18.6. The van der Waals surface area contributed by atoms with Gasteiger partial charge in [0, 0.05) is 18.2 Å². The molecule has 0 spiro atoms. The fourth-order valence-electron chi connectivity index (χ4n) is 3.95. The Hall–Kier alpha value is -3.21. The highest BCUT2D eigenvalue weighted by Gasteiger charge is 2.26. The minimum Gasteiger partial charge on any atom is -0.493 e. The number of ether oxygens (including phenoxy) is 3. The third kappa shape index (κ3) is 6.02. The molecule has 0 atom stereocenters. The first-order chi connectivity index (χ1) is 16.5. The molecule has 10 nitrogen and oxygen atoms in total. The number of thioether (sulfide) groups is 1. The predicted octanol–water partition coefficient (Wildman–Crippen LogP) is 3.58. The van der Waals surface area contributed by atoms with Crippen molar-refractivity contribution in [2.75, 3.05) is 33.6 Å². The average Bonchev–Trinajstić information content (AvgIpc) is 3.29. The van der Waals surface area contributed by atoms with Crippen LogP contribution >= 0.6 is 11.8 Å². The lowest BCUT2D eigenvalue weighted by molar-refractivity contribution is -0.117. The van der Waals surface area contributed by atoms with Crippen molar-refractivity contribution in [1.29, 1.82) is 0 Å². The van der Waals surface area contributed by atoms with E-state index in [1.807, 2.05) is 12.1 Å². The van der Waals surface area contributed by atoms with Crippen molar-refractivity contribution in [3.8, 4) is 28.6 Å². The molecule has 0 bridgehead atoms. The largest absolute Gasteiger partial charge is 0.493 e. The molecule has 0 saturated heterocycles. The van der Waals surface area contributed by atoms with Crippen LogP contribution in [0.15, 0.2) is 29.9 Å². The summed E-state index contributed by atoms with van der Waals surface area (Å²) >= 11 is 1.25. The number of carbonyl (C=O) groups is 2. The number of aromatic nitrogens is 3. The number of methoxy groups -OCH3 is 3. The van der Waals surface area contributed by atoms with Crippen molar-refractivity contribution >= 4 is 23.7 Å². The maximum Gasteiger partial charge on any atom is 0.321 e. The van der Waals surface area contributed by atoms with E-state index in [9.17, 15) is 9.59 Å². The molecule has 1 aliphatic carbocycles. The standard InChI is InChI=1S/C23H31N5O5S/c1-5-11-24-22(30)25-19(29)14-34-23-27-26-21(28(23)16-9-7-6-8-10-16)15-12-17(31-2)20(33-4)18(13-15)32-3/h5,12-13,16H,1,6-11,14H2,2-4H3,(H2,24,25,29,30). The van der Waals surface area contributed by atoms with Gasteiger partial charge in [0.15, 0.2) is 22.5 Å². The number of nitrogens with one attached hydrogen (secondary N) is 2. The number of rotatable bonds is 10. The van der Waals surface area contributed by atoms with Gasteiger partial charge in [-0.2, -0.15) is 0 Å². The summed E-state index contributed by atoms with van der Waals surface area (Å²) in [5.41, 5.74) is 0.771. The zero-order valence-electron chi connectivity index (χ0n) is 19.8. The number of amides is 3. The zero-order valence-corrected chi connectivity index (χ0v) is 20.6. The average molecular weight is 490 g/mol. The van der Waals surface area contributed by atoms with Crippen molar-refractivity contribution in [3.63, 3.8) is 0 Å². The van der Waals surface area contributed by atoms with Crippen molar-refractivity contribution in [2.24, 2.45) is 0 Å². The maximum atomic E-state index is 12.3. The summed E-state index contributed by atoms with van der Waals surface area (Å²) in [4.78, 5) is 24.0. The van der Waals surface area contributed by atoms with E-state index in [0.717, 1.165) is 31.2 Å². The summed E-state index contributed by atoms with van der Waals surface area (Å²) in [6.07, 6.45) is 6.97. The lowest BCUT2D eigenvalue weighted by Gasteiger charge is -2.26. The normalized spacial score (nSPS) is 13.7. The number of imide groups is 1. The molecule has 1 aliphatic rings. The molecular formula is C23H31N5O5S. The fraction of sp³-hybridized carbons (Fsp3) is 0.478. The molecule has 11 heteroatoms. The number of hydrogen-bond donors (Lipinski definition) is 2. The number of urea groups is 1. The third-order valence-corrected chi connectivity index (χ3v) is 6.46. The van der Waals surface area contributed by atoms with Gasteiger partial charge in [-0.1, -0.05) is 37.1 Å². The van der Waals surface area contributed by atoms with Gasteiger partial charge in [-0.25, -0.2) is 4.79 Å². The smallest absolute Gasteiger partial charge is 0.321 e. The maximum absolute atomic E-state index is 12.3. The molecule has 0 aliphatic heterocycles. The molecule has 1 aromatic heterocycles. The van der Waals surface area contributed by atoms with Gasteiger partial charge in [-0.3, -0.25) is 14.7 Å². The van der Waals surface area contributed by atoms with E-state index in [1.54, 1.807) is 21.3 Å². The van der Waals surface area contributed by atoms with E-state index in [2.05, 4.69) is 32.0 Å². The molecule has 1 heterocycles. The van der Waals surface area contributed by atoms with Crippen LogP contribution in [-0.2, 0) is 4.79 Å². The Morgan fingerprint density at radius 3 is 2.38 bits per heavy atom. The van der Waals surface area contributed by atoms with Crippen LogP contribution in [0.4, 0.5) is 4.79 Å². The fourth-order valence-corrected chi connectivity index (χ4v) is 4.76. The SMILES string of the molecule is C=CCNC(=O)NC(=O)CSc1nnc(-c2cc(OC)c(OC)c(OC)c2)n1C1CCCCC1. The minimum atomic E-state index is -0.558. The molecule has 2 aromatic rings. The van der Waals surface area contributed by atoms with E-state index in [-0.39, 0.29) is 18.3 Å². The van der Waals surface area contributed by atoms with Crippen LogP contribution in [0.1, 0.15) is 38.1 Å². The third-order valence-electron chi connectivity index (χ3n) is 5.52. The number of carbonyl (C=O) groups excluding carboxylic acids is 2. The Labute approximate surface area is 203 Å². The van der Waals surface area contributed by atoms with Crippen LogP contribution in [0.5, 0.6) is 17.2 Å². The molecule has 3 amide bonds. The van der Waals surface area contributed by atoms with Gasteiger partial charge in [-0.15, -0.1) is 16.8 Å². The van der Waals surface area contributed by atoms with Crippen molar-refractivity contribution < 1.29 is 23.8 Å². The summed E-state index contributed by atoms with van der Waals surface area (Å²) in [6, 6.07) is 3.34. The van der Waals surface area contributed by atoms with Crippen LogP contribution in [0.2, 0.25) is 0 Å². The molecule has 34 heavy (non-hydrogen) atoms. The van der Waals surface area contributed by atoms with Crippen molar-refractivity contribution in [2.45, 2.75) is 43.3 Å². The summed E-state index contributed by atoms with van der Waals surface area (Å²) in [6.45, 7) is 3.81. The molecule has 1 fully saturated rings. The Kier molecular flexibility index (Phi) is 9.20. The molecule has 2 N–H and O–H groups in total. The predicted molar refractivity (Wildman–Crippen MR) is 130 cm³/mol. The highest BCUT2D eigenvalue weighted by atomic mass is 32.2. The van der Waals surface area contributed by atoms with Gasteiger partial charge in [0.2, 0.25) is 11.7 Å². The summed E-state index contributed by atoms with van der Waals surface area (Å²) in [7, 11) is 4.69. The van der Waals surface area contributed by atoms with Crippen LogP contribution in [0.25, 0.3) is 11.4 Å². The summed E-state index contributed by atoms with van der Waals surface area (Å²) in [5, 5.41) is 14.3. The second-order valence-corrected chi connectivity index (χ2v) is 8.66. The molecule has 0 radical (unpaired) electrons. The quantitative estimate of drug-likeness (QED) is 0.384. The number of nitrogens with zero attached hydrogens (tertiary/aromatic N) is 3. The lowest BCUT2D eigenvalue weighted by Crippen LogP contribution is -2.40. The first-order valence-electron chi connectivity index (χ1n) is 11.1. The Bertz CT molecular complexity index is 994. The Morgan fingerprint density at radius 1 is 1.12 bits per heavy atom. The first kappa shape index (κ1) is 25.4. The second kappa shape index (κ2) is 12.3. The minimum absolute atomic E-state index is 0.0294. The van der Waals surface area contributed by atoms with Crippen LogP contribution in [-0.4, -0.2) is 60.3 Å². The van der Waals surface area contributed by atoms with Crippen LogP contribution in [0, 0.1) is 0 Å². The zero-order chi connectivity index (χ0) is 24.5. The van der Waals surface area contributed by atoms with E-state index in [1.165, 1.54) is 24.3 Å². The molecule has 184 valence electrons. The van der Waals surface area contributed by atoms with Crippen LogP contribution < -0.4 is 24.8 Å². The van der Waals surface area contributed by atoms with E-state index < -0.39 is 11.9 Å². The monoisotopic (exact) mass is 489 g/mol. The Morgan fingerprint density at radius 2 is 1.79 bits per heavy atom. The van der Waals surface area contributed by atoms with Gasteiger partial charge in [0.25, 0.3) is 0 Å². The summed E-state index contributed by atoms with van der Waals surface area (Å²) in [5.74, 6) is 1.82. The number of benzene rings is 1. The molecule has 3 rings (SSSR count). The highest BCUT2D eigenvalue weighted by molar-refractivity contribution is 7.99. The van der Waals surface area contributed by atoms with Gasteiger partial charge in [-0.05, 0) is 25.0 Å². The molecule has 1 aromatic carbocycles. The number of hydrogen-bond acceptors (Lipinski definition) is 8. The van der Waals surface area contributed by atoms with Crippen molar-refractivity contribution in [1.82, 2.24) is 25.4 Å². The first-order valence-corrected chi connectivity index (χ1v) is 12.1. The van der Waals surface area contributed by atoms with Gasteiger partial charge < -0.3 is 19.5 Å². The van der Waals surface area contributed by atoms with Gasteiger partial charge in [0.05, 0.1) is 27.1 Å². The van der Waals surface area contributed by atoms with E-state index >= 15 is 0 Å². The van der Waals surface area contributed by atoms with E-state index in [0.29, 0.717) is 28.2 Å². The lowest BCUT2D eigenvalue weighted by atomic mass is 9.95. The van der Waals surface area contributed by atoms with E-state index in [4.69, 9.17) is 14.2 Å². The van der Waals surface area contributed by atoms with Crippen LogP contribution in [0.3, 0.4) is 0 Å². The molecule has 1 saturated carbocycles. The van der Waals surface area contributed by atoms with Gasteiger partial charge in [0.1, 0.15) is 0 Å². The van der Waals surface area contributed by atoms with Gasteiger partial charge >= 0.3 is 6.03 Å².